The molecular formula is C12H16BrNO2. The Morgan fingerprint density at radius 1 is 1.38 bits per heavy atom. The van der Waals surface area contributed by atoms with Gasteiger partial charge in [0.15, 0.2) is 0 Å². The van der Waals surface area contributed by atoms with Crippen LogP contribution >= 0.6 is 15.9 Å². The van der Waals surface area contributed by atoms with Crippen molar-refractivity contribution in [3.8, 4) is 0 Å². The molecule has 0 fully saturated rings. The van der Waals surface area contributed by atoms with E-state index in [4.69, 9.17) is 5.11 Å². The van der Waals surface area contributed by atoms with Crippen LogP contribution in [0.3, 0.4) is 0 Å². The maximum absolute atomic E-state index is 11.0. The Balaban J connectivity index is 2.60. The highest BCUT2D eigenvalue weighted by Gasteiger charge is 2.10. The summed E-state index contributed by atoms with van der Waals surface area (Å²) in [5.41, 5.74) is 1.02. The summed E-state index contributed by atoms with van der Waals surface area (Å²) >= 11 is 3.35. The first-order valence-corrected chi connectivity index (χ1v) is 6.15. The number of hydrogen-bond donors (Lipinski definition) is 1. The first kappa shape index (κ1) is 13.0. The molecule has 4 heteroatoms. The van der Waals surface area contributed by atoms with E-state index in [9.17, 15) is 4.79 Å². The number of rotatable bonds is 5. The van der Waals surface area contributed by atoms with Crippen molar-refractivity contribution >= 4 is 22.0 Å². The molecule has 0 radical (unpaired) electrons. The van der Waals surface area contributed by atoms with Gasteiger partial charge in [0.1, 0.15) is 0 Å². The zero-order valence-electron chi connectivity index (χ0n) is 9.32. The predicted molar refractivity (Wildman–Crippen MR) is 67.5 cm³/mol. The summed E-state index contributed by atoms with van der Waals surface area (Å²) in [7, 11) is 0. The molecule has 0 heterocycles. The summed E-state index contributed by atoms with van der Waals surface area (Å²) in [5, 5.41) is 9.03. The lowest BCUT2D eigenvalue weighted by molar-refractivity contribution is 0.141. The van der Waals surface area contributed by atoms with Gasteiger partial charge in [-0.25, -0.2) is 4.79 Å². The van der Waals surface area contributed by atoms with E-state index in [1.54, 1.807) is 0 Å². The van der Waals surface area contributed by atoms with E-state index >= 15 is 0 Å². The monoisotopic (exact) mass is 285 g/mol. The molecule has 16 heavy (non-hydrogen) atoms. The van der Waals surface area contributed by atoms with Crippen molar-refractivity contribution in [3.05, 3.63) is 34.3 Å². The smallest absolute Gasteiger partial charge is 0.407 e. The van der Waals surface area contributed by atoms with Gasteiger partial charge in [-0.05, 0) is 24.1 Å². The molecule has 1 aromatic rings. The maximum Gasteiger partial charge on any atom is 0.407 e. The molecule has 0 saturated heterocycles. The minimum atomic E-state index is -0.851. The van der Waals surface area contributed by atoms with Gasteiger partial charge in [-0.3, -0.25) is 0 Å². The van der Waals surface area contributed by atoms with Gasteiger partial charge in [-0.15, -0.1) is 0 Å². The highest BCUT2D eigenvalue weighted by atomic mass is 79.9. The number of carbonyl (C=O) groups is 1. The number of unbranched alkanes of at least 4 members (excludes halogenated alkanes) is 1. The van der Waals surface area contributed by atoms with Crippen LogP contribution in [0, 0.1) is 0 Å². The summed E-state index contributed by atoms with van der Waals surface area (Å²) in [6.07, 6.45) is 1.06. The first-order valence-electron chi connectivity index (χ1n) is 5.35. The fraction of sp³-hybridized carbons (Fsp3) is 0.417. The van der Waals surface area contributed by atoms with Crippen LogP contribution in [0.4, 0.5) is 4.79 Å². The zero-order chi connectivity index (χ0) is 12.0. The lowest BCUT2D eigenvalue weighted by atomic mass is 10.2. The molecule has 88 valence electrons. The molecule has 0 unspecified atom stereocenters. The van der Waals surface area contributed by atoms with Crippen LogP contribution < -0.4 is 0 Å². The fourth-order valence-electron chi connectivity index (χ4n) is 1.40. The molecule has 0 saturated carbocycles. The van der Waals surface area contributed by atoms with Crippen LogP contribution in [-0.2, 0) is 6.54 Å². The van der Waals surface area contributed by atoms with Gasteiger partial charge in [0, 0.05) is 17.6 Å². The number of amides is 1. The maximum atomic E-state index is 11.0. The number of carboxylic acid groups (broad SMARTS) is 1. The van der Waals surface area contributed by atoms with Crippen molar-refractivity contribution < 1.29 is 9.90 Å². The molecular weight excluding hydrogens is 270 g/mol. The SMILES string of the molecule is CCCCN(Cc1ccc(Br)cc1)C(=O)O. The van der Waals surface area contributed by atoms with Crippen molar-refractivity contribution in [1.29, 1.82) is 0 Å². The molecule has 3 nitrogen and oxygen atoms in total. The molecule has 0 aliphatic heterocycles. The van der Waals surface area contributed by atoms with E-state index in [0.29, 0.717) is 13.1 Å². The van der Waals surface area contributed by atoms with Crippen molar-refractivity contribution in [2.24, 2.45) is 0 Å². The molecule has 0 aromatic heterocycles. The van der Waals surface area contributed by atoms with E-state index in [-0.39, 0.29) is 0 Å². The molecule has 0 bridgehead atoms. The summed E-state index contributed by atoms with van der Waals surface area (Å²) in [5.74, 6) is 0. The van der Waals surface area contributed by atoms with Crippen LogP contribution in [0.5, 0.6) is 0 Å². The van der Waals surface area contributed by atoms with Gasteiger partial charge in [0.25, 0.3) is 0 Å². The third-order valence-electron chi connectivity index (χ3n) is 2.34. The topological polar surface area (TPSA) is 40.5 Å². The Bertz CT molecular complexity index is 337. The highest BCUT2D eigenvalue weighted by Crippen LogP contribution is 2.12. The van der Waals surface area contributed by atoms with E-state index < -0.39 is 6.09 Å². The summed E-state index contributed by atoms with van der Waals surface area (Å²) in [6.45, 7) is 3.12. The quantitative estimate of drug-likeness (QED) is 0.896. The van der Waals surface area contributed by atoms with E-state index in [2.05, 4.69) is 22.9 Å². The number of hydrogen-bond acceptors (Lipinski definition) is 1. The molecule has 1 amide bonds. The van der Waals surface area contributed by atoms with Crippen LogP contribution in [0.1, 0.15) is 25.3 Å². The second-order valence-electron chi connectivity index (χ2n) is 3.68. The normalized spacial score (nSPS) is 10.1. The Morgan fingerprint density at radius 3 is 2.50 bits per heavy atom. The lowest BCUT2D eigenvalue weighted by Gasteiger charge is -2.18. The molecule has 1 N–H and O–H groups in total. The second kappa shape index (κ2) is 6.53. The molecule has 0 spiro atoms. The van der Waals surface area contributed by atoms with Gasteiger partial charge in [0.2, 0.25) is 0 Å². The Labute approximate surface area is 104 Å². The third-order valence-corrected chi connectivity index (χ3v) is 2.87. The second-order valence-corrected chi connectivity index (χ2v) is 4.60. The summed E-state index contributed by atoms with van der Waals surface area (Å²) in [4.78, 5) is 12.4. The van der Waals surface area contributed by atoms with Gasteiger partial charge < -0.3 is 10.0 Å². The van der Waals surface area contributed by atoms with E-state index in [0.717, 1.165) is 22.9 Å². The molecule has 0 aliphatic carbocycles. The largest absolute Gasteiger partial charge is 0.465 e. The fourth-order valence-corrected chi connectivity index (χ4v) is 1.67. The van der Waals surface area contributed by atoms with E-state index in [1.165, 1.54) is 4.90 Å². The van der Waals surface area contributed by atoms with Crippen LogP contribution in [0.2, 0.25) is 0 Å². The minimum absolute atomic E-state index is 0.461. The molecule has 1 rings (SSSR count). The molecule has 0 aliphatic rings. The van der Waals surface area contributed by atoms with Gasteiger partial charge in [0.05, 0.1) is 0 Å². The standard InChI is InChI=1S/C12H16BrNO2/c1-2-3-8-14(12(15)16)9-10-4-6-11(13)7-5-10/h4-7H,2-3,8-9H2,1H3,(H,15,16). The summed E-state index contributed by atoms with van der Waals surface area (Å²) in [6, 6.07) is 7.72. The summed E-state index contributed by atoms with van der Waals surface area (Å²) < 4.78 is 1.01. The van der Waals surface area contributed by atoms with Crippen molar-refractivity contribution in [1.82, 2.24) is 4.90 Å². The Hall–Kier alpha value is -1.03. The molecule has 1 aromatic carbocycles. The van der Waals surface area contributed by atoms with Gasteiger partial charge >= 0.3 is 6.09 Å². The average Bonchev–Trinajstić information content (AvgIpc) is 2.26. The minimum Gasteiger partial charge on any atom is -0.465 e. The van der Waals surface area contributed by atoms with Gasteiger partial charge in [-0.1, -0.05) is 41.4 Å². The highest BCUT2D eigenvalue weighted by molar-refractivity contribution is 9.10. The Morgan fingerprint density at radius 2 is 2.00 bits per heavy atom. The average molecular weight is 286 g/mol. The lowest BCUT2D eigenvalue weighted by Crippen LogP contribution is -2.29. The van der Waals surface area contributed by atoms with Crippen LogP contribution in [0.25, 0.3) is 0 Å². The first-order chi connectivity index (χ1) is 7.63. The van der Waals surface area contributed by atoms with E-state index in [1.807, 2.05) is 24.3 Å². The van der Waals surface area contributed by atoms with Crippen molar-refractivity contribution in [3.63, 3.8) is 0 Å². The third kappa shape index (κ3) is 4.23. The van der Waals surface area contributed by atoms with Crippen LogP contribution in [0.15, 0.2) is 28.7 Å². The Kier molecular flexibility index (Phi) is 5.32. The van der Waals surface area contributed by atoms with Crippen molar-refractivity contribution in [2.45, 2.75) is 26.3 Å². The van der Waals surface area contributed by atoms with Gasteiger partial charge in [-0.2, -0.15) is 0 Å². The zero-order valence-corrected chi connectivity index (χ0v) is 10.9. The van der Waals surface area contributed by atoms with Crippen molar-refractivity contribution in [2.75, 3.05) is 6.54 Å². The van der Waals surface area contributed by atoms with Crippen LogP contribution in [-0.4, -0.2) is 22.6 Å². The number of halogens is 1. The predicted octanol–water partition coefficient (Wildman–Crippen LogP) is 3.73. The molecule has 0 atom stereocenters. The number of nitrogens with zero attached hydrogens (tertiary/aromatic N) is 1. The number of benzene rings is 1.